The second-order valence-electron chi connectivity index (χ2n) is 6.44. The molecular formula is C22H17FN4O3. The van der Waals surface area contributed by atoms with Gasteiger partial charge in [0.2, 0.25) is 0 Å². The molecular weight excluding hydrogens is 387 g/mol. The van der Waals surface area contributed by atoms with Gasteiger partial charge in [0.1, 0.15) is 11.3 Å². The molecule has 8 heteroatoms. The summed E-state index contributed by atoms with van der Waals surface area (Å²) in [6.45, 7) is 5.31. The molecule has 0 fully saturated rings. The van der Waals surface area contributed by atoms with Gasteiger partial charge in [-0.1, -0.05) is 6.58 Å². The number of halogens is 1. The maximum Gasteiger partial charge on any atom is 0.340 e. The predicted molar refractivity (Wildman–Crippen MR) is 110 cm³/mol. The van der Waals surface area contributed by atoms with Gasteiger partial charge in [0.15, 0.2) is 11.6 Å². The zero-order valence-electron chi connectivity index (χ0n) is 16.1. The highest BCUT2D eigenvalue weighted by Crippen LogP contribution is 2.27. The molecule has 0 aliphatic heterocycles. The number of nitrogens with one attached hydrogen (secondary N) is 1. The van der Waals surface area contributed by atoms with Crippen molar-refractivity contribution in [2.75, 3.05) is 5.32 Å². The van der Waals surface area contributed by atoms with E-state index in [1.165, 1.54) is 18.5 Å². The Morgan fingerprint density at radius 2 is 2.00 bits per heavy atom. The lowest BCUT2D eigenvalue weighted by molar-refractivity contribution is 0.440. The van der Waals surface area contributed by atoms with Gasteiger partial charge >= 0.3 is 11.6 Å². The average Bonchev–Trinajstić information content (AvgIpc) is 2.74. The van der Waals surface area contributed by atoms with Crippen LogP contribution in [0, 0.1) is 12.7 Å². The Bertz CT molecular complexity index is 1290. The standard InChI is InChI=1S/C22H17FN4O3/c1-3-24-20-19(23)14(7-10-25-20)11-17-13(2)16-6-5-15(12-18(16)30-21(17)28)29-22-26-8-4-9-27-22/h3-10,12H,1,11H2,2H3,(H,24,25). The number of hydrogen-bond donors (Lipinski definition) is 1. The highest BCUT2D eigenvalue weighted by Gasteiger charge is 2.16. The SMILES string of the molecule is C=CNc1nccc(Cc2c(C)c3ccc(Oc4ncccn4)cc3oc2=O)c1F. The van der Waals surface area contributed by atoms with Gasteiger partial charge in [-0.3, -0.25) is 0 Å². The fourth-order valence-corrected chi connectivity index (χ4v) is 3.09. The van der Waals surface area contributed by atoms with Gasteiger partial charge in [-0.2, -0.15) is 0 Å². The molecule has 3 heterocycles. The normalized spacial score (nSPS) is 10.7. The maximum atomic E-state index is 14.6. The van der Waals surface area contributed by atoms with E-state index >= 15 is 0 Å². The zero-order chi connectivity index (χ0) is 21.1. The first-order valence-corrected chi connectivity index (χ1v) is 9.09. The number of aryl methyl sites for hydroxylation is 1. The minimum absolute atomic E-state index is 0.0512. The second-order valence-corrected chi connectivity index (χ2v) is 6.44. The van der Waals surface area contributed by atoms with E-state index in [4.69, 9.17) is 9.15 Å². The van der Waals surface area contributed by atoms with Gasteiger partial charge in [-0.05, 0) is 48.5 Å². The van der Waals surface area contributed by atoms with Crippen molar-refractivity contribution in [2.24, 2.45) is 0 Å². The summed E-state index contributed by atoms with van der Waals surface area (Å²) in [4.78, 5) is 24.6. The number of fused-ring (bicyclic) bond motifs is 1. The Kier molecular flexibility index (Phi) is 5.21. The summed E-state index contributed by atoms with van der Waals surface area (Å²) in [5, 5.41) is 3.37. The Morgan fingerprint density at radius 1 is 1.20 bits per heavy atom. The Labute approximate surface area is 170 Å². The van der Waals surface area contributed by atoms with Crippen molar-refractivity contribution >= 4 is 16.8 Å². The number of ether oxygens (including phenoxy) is 1. The number of aromatic nitrogens is 3. The summed E-state index contributed by atoms with van der Waals surface area (Å²) in [6.07, 6.45) is 6.01. The molecule has 0 unspecified atom stereocenters. The number of rotatable bonds is 6. The molecule has 0 saturated carbocycles. The monoisotopic (exact) mass is 404 g/mol. The van der Waals surface area contributed by atoms with E-state index in [2.05, 4.69) is 26.8 Å². The summed E-state index contributed by atoms with van der Waals surface area (Å²) < 4.78 is 25.7. The second kappa shape index (κ2) is 8.12. The largest absolute Gasteiger partial charge is 0.424 e. The third kappa shape index (κ3) is 3.75. The molecule has 30 heavy (non-hydrogen) atoms. The number of nitrogens with zero attached hydrogens (tertiary/aromatic N) is 3. The lowest BCUT2D eigenvalue weighted by Gasteiger charge is -2.11. The highest BCUT2D eigenvalue weighted by molar-refractivity contribution is 5.82. The topological polar surface area (TPSA) is 90.1 Å². The molecule has 0 bridgehead atoms. The summed E-state index contributed by atoms with van der Waals surface area (Å²) in [7, 11) is 0. The minimum Gasteiger partial charge on any atom is -0.424 e. The summed E-state index contributed by atoms with van der Waals surface area (Å²) >= 11 is 0. The molecule has 4 rings (SSSR count). The van der Waals surface area contributed by atoms with Crippen LogP contribution in [0.25, 0.3) is 11.0 Å². The van der Waals surface area contributed by atoms with Crippen LogP contribution in [0.1, 0.15) is 16.7 Å². The number of pyridine rings is 1. The van der Waals surface area contributed by atoms with Crippen LogP contribution >= 0.6 is 0 Å². The molecule has 150 valence electrons. The Hall–Kier alpha value is -4.07. The Balaban J connectivity index is 1.71. The summed E-state index contributed by atoms with van der Waals surface area (Å²) in [6, 6.07) is 8.51. The molecule has 4 aromatic rings. The first-order valence-electron chi connectivity index (χ1n) is 9.09. The van der Waals surface area contributed by atoms with Crippen LogP contribution in [0.15, 0.2) is 70.9 Å². The van der Waals surface area contributed by atoms with E-state index < -0.39 is 11.4 Å². The summed E-state index contributed by atoms with van der Waals surface area (Å²) in [5.74, 6) is -0.0533. The van der Waals surface area contributed by atoms with Crippen LogP contribution in [0.3, 0.4) is 0 Å². The quantitative estimate of drug-likeness (QED) is 0.477. The van der Waals surface area contributed by atoms with Gasteiger partial charge < -0.3 is 14.5 Å². The molecule has 0 aliphatic rings. The van der Waals surface area contributed by atoms with Gasteiger partial charge in [-0.15, -0.1) is 0 Å². The van der Waals surface area contributed by atoms with E-state index in [0.717, 1.165) is 5.39 Å². The molecule has 7 nitrogen and oxygen atoms in total. The van der Waals surface area contributed by atoms with E-state index in [1.54, 1.807) is 43.6 Å². The van der Waals surface area contributed by atoms with Crippen LogP contribution < -0.4 is 15.7 Å². The molecule has 0 atom stereocenters. The van der Waals surface area contributed by atoms with Crippen LogP contribution in [0.4, 0.5) is 10.2 Å². The lowest BCUT2D eigenvalue weighted by atomic mass is 10.00. The van der Waals surface area contributed by atoms with Crippen molar-refractivity contribution in [3.05, 3.63) is 94.6 Å². The highest BCUT2D eigenvalue weighted by atomic mass is 19.1. The molecule has 0 aliphatic carbocycles. The van der Waals surface area contributed by atoms with Crippen molar-refractivity contribution in [3.63, 3.8) is 0 Å². The minimum atomic E-state index is -0.539. The fraction of sp³-hybridized carbons (Fsp3) is 0.0909. The third-order valence-electron chi connectivity index (χ3n) is 4.59. The van der Waals surface area contributed by atoms with Crippen LogP contribution in [-0.4, -0.2) is 15.0 Å². The first-order chi connectivity index (χ1) is 14.6. The zero-order valence-corrected chi connectivity index (χ0v) is 16.1. The van der Waals surface area contributed by atoms with Gasteiger partial charge in [-0.25, -0.2) is 24.1 Å². The Morgan fingerprint density at radius 3 is 2.77 bits per heavy atom. The maximum absolute atomic E-state index is 14.6. The number of anilines is 1. The van der Waals surface area contributed by atoms with Crippen molar-refractivity contribution in [3.8, 4) is 11.8 Å². The third-order valence-corrected chi connectivity index (χ3v) is 4.59. The molecule has 0 amide bonds. The van der Waals surface area contributed by atoms with Crippen LogP contribution in [0.5, 0.6) is 11.8 Å². The number of hydrogen-bond acceptors (Lipinski definition) is 7. The fourth-order valence-electron chi connectivity index (χ4n) is 3.09. The summed E-state index contributed by atoms with van der Waals surface area (Å²) in [5.41, 5.74) is 1.22. The molecule has 0 spiro atoms. The first kappa shape index (κ1) is 19.3. The molecule has 1 aromatic carbocycles. The molecule has 0 radical (unpaired) electrons. The van der Waals surface area contributed by atoms with E-state index in [1.807, 2.05) is 0 Å². The average molecular weight is 404 g/mol. The van der Waals surface area contributed by atoms with Gasteiger partial charge in [0.25, 0.3) is 0 Å². The van der Waals surface area contributed by atoms with Crippen molar-refractivity contribution in [1.82, 2.24) is 15.0 Å². The van der Waals surface area contributed by atoms with E-state index in [0.29, 0.717) is 28.0 Å². The predicted octanol–water partition coefficient (Wildman–Crippen LogP) is 4.36. The van der Waals surface area contributed by atoms with Crippen LogP contribution in [-0.2, 0) is 6.42 Å². The van der Waals surface area contributed by atoms with Gasteiger partial charge in [0.05, 0.1) is 0 Å². The van der Waals surface area contributed by atoms with Crippen molar-refractivity contribution in [1.29, 1.82) is 0 Å². The van der Waals surface area contributed by atoms with E-state index in [9.17, 15) is 9.18 Å². The van der Waals surface area contributed by atoms with Crippen molar-refractivity contribution in [2.45, 2.75) is 13.3 Å². The number of benzene rings is 1. The smallest absolute Gasteiger partial charge is 0.340 e. The molecule has 3 aromatic heterocycles. The van der Waals surface area contributed by atoms with Crippen molar-refractivity contribution < 1.29 is 13.5 Å². The molecule has 0 saturated heterocycles. The van der Waals surface area contributed by atoms with E-state index in [-0.39, 0.29) is 18.2 Å². The van der Waals surface area contributed by atoms with Gasteiger partial charge in [0, 0.05) is 42.0 Å². The van der Waals surface area contributed by atoms with Crippen LogP contribution in [0.2, 0.25) is 0 Å². The lowest BCUT2D eigenvalue weighted by Crippen LogP contribution is -2.12. The molecule has 1 N–H and O–H groups in total.